The van der Waals surface area contributed by atoms with Crippen LogP contribution in [0, 0.1) is 12.7 Å². The van der Waals surface area contributed by atoms with E-state index in [9.17, 15) is 17.6 Å². The van der Waals surface area contributed by atoms with Crippen molar-refractivity contribution in [2.45, 2.75) is 31.2 Å². The van der Waals surface area contributed by atoms with Crippen molar-refractivity contribution in [1.82, 2.24) is 4.72 Å². The first-order valence-electron chi connectivity index (χ1n) is 5.22. The Hall–Kier alpha value is -1.47. The van der Waals surface area contributed by atoms with E-state index < -0.39 is 32.7 Å². The van der Waals surface area contributed by atoms with Gasteiger partial charge in [0.1, 0.15) is 10.7 Å². The third kappa shape index (κ3) is 3.78. The number of nitrogens with one attached hydrogen (secondary N) is 1. The summed E-state index contributed by atoms with van der Waals surface area (Å²) in [7, 11) is -4.05. The van der Waals surface area contributed by atoms with Gasteiger partial charge in [-0.2, -0.15) is 0 Å². The summed E-state index contributed by atoms with van der Waals surface area (Å²) in [6, 6.07) is 2.90. The molecule has 7 heteroatoms. The fourth-order valence-corrected chi connectivity index (χ4v) is 2.85. The van der Waals surface area contributed by atoms with E-state index in [4.69, 9.17) is 5.11 Å². The van der Waals surface area contributed by atoms with E-state index in [-0.39, 0.29) is 6.42 Å². The summed E-state index contributed by atoms with van der Waals surface area (Å²) in [5.74, 6) is -1.99. The number of rotatable bonds is 5. The van der Waals surface area contributed by atoms with Crippen molar-refractivity contribution in [3.8, 4) is 0 Å². The monoisotopic (exact) mass is 275 g/mol. The van der Waals surface area contributed by atoms with Gasteiger partial charge in [-0.15, -0.1) is 0 Å². The Labute approximate surface area is 105 Å². The number of carboxylic acids is 1. The minimum atomic E-state index is -4.05. The normalized spacial score (nSPS) is 13.3. The SMILES string of the molecule is Cc1ccc(F)c(S(=O)(=O)NC(C)CC(=O)O)c1. The van der Waals surface area contributed by atoms with Gasteiger partial charge in [-0.1, -0.05) is 6.07 Å². The summed E-state index contributed by atoms with van der Waals surface area (Å²) >= 11 is 0. The second-order valence-corrected chi connectivity index (χ2v) is 5.74. The Morgan fingerprint density at radius 2 is 2.11 bits per heavy atom. The highest BCUT2D eigenvalue weighted by molar-refractivity contribution is 7.89. The number of carbonyl (C=O) groups is 1. The maximum atomic E-state index is 13.4. The molecular formula is C11H14FNO4S. The molecule has 0 heterocycles. The van der Waals surface area contributed by atoms with E-state index in [0.29, 0.717) is 5.56 Å². The van der Waals surface area contributed by atoms with E-state index in [1.807, 2.05) is 0 Å². The summed E-state index contributed by atoms with van der Waals surface area (Å²) in [4.78, 5) is 9.97. The molecule has 0 amide bonds. The molecule has 0 aliphatic carbocycles. The van der Waals surface area contributed by atoms with E-state index in [1.54, 1.807) is 6.92 Å². The lowest BCUT2D eigenvalue weighted by atomic mass is 10.2. The third-order valence-corrected chi connectivity index (χ3v) is 3.82. The summed E-state index contributed by atoms with van der Waals surface area (Å²) in [6.07, 6.45) is -0.368. The van der Waals surface area contributed by atoms with E-state index in [1.165, 1.54) is 19.1 Å². The average molecular weight is 275 g/mol. The van der Waals surface area contributed by atoms with Crippen LogP contribution in [0.4, 0.5) is 4.39 Å². The molecule has 0 saturated carbocycles. The Kier molecular flexibility index (Phi) is 4.42. The van der Waals surface area contributed by atoms with Crippen LogP contribution in [-0.2, 0) is 14.8 Å². The smallest absolute Gasteiger partial charge is 0.304 e. The maximum Gasteiger partial charge on any atom is 0.304 e. The van der Waals surface area contributed by atoms with Crippen molar-refractivity contribution in [3.05, 3.63) is 29.6 Å². The van der Waals surface area contributed by atoms with Crippen LogP contribution in [0.3, 0.4) is 0 Å². The second kappa shape index (κ2) is 5.45. The number of aryl methyl sites for hydroxylation is 1. The van der Waals surface area contributed by atoms with Crippen molar-refractivity contribution in [2.24, 2.45) is 0 Å². The summed E-state index contributed by atoms with van der Waals surface area (Å²) in [5.41, 5.74) is 0.600. The van der Waals surface area contributed by atoms with E-state index in [0.717, 1.165) is 6.07 Å². The lowest BCUT2D eigenvalue weighted by Gasteiger charge is -2.13. The van der Waals surface area contributed by atoms with Crippen molar-refractivity contribution in [3.63, 3.8) is 0 Å². The van der Waals surface area contributed by atoms with Gasteiger partial charge < -0.3 is 5.11 Å². The fourth-order valence-electron chi connectivity index (χ4n) is 1.45. The molecule has 0 aromatic heterocycles. The highest BCUT2D eigenvalue weighted by Gasteiger charge is 2.22. The second-order valence-electron chi connectivity index (χ2n) is 4.05. The molecule has 0 aliphatic rings. The molecule has 0 saturated heterocycles. The number of aliphatic carboxylic acids is 1. The zero-order valence-corrected chi connectivity index (χ0v) is 10.8. The largest absolute Gasteiger partial charge is 0.481 e. The van der Waals surface area contributed by atoms with Crippen molar-refractivity contribution < 1.29 is 22.7 Å². The standard InChI is InChI=1S/C11H14FNO4S/c1-7-3-4-9(12)10(5-7)18(16,17)13-8(2)6-11(14)15/h3-5,8,13H,6H2,1-2H3,(H,14,15). The van der Waals surface area contributed by atoms with Crippen LogP contribution in [0.2, 0.25) is 0 Å². The summed E-state index contributed by atoms with van der Waals surface area (Å²) in [5, 5.41) is 8.54. The Bertz CT molecular complexity index is 556. The molecule has 5 nitrogen and oxygen atoms in total. The minimum Gasteiger partial charge on any atom is -0.481 e. The number of benzene rings is 1. The van der Waals surface area contributed by atoms with Crippen LogP contribution >= 0.6 is 0 Å². The van der Waals surface area contributed by atoms with Crippen LogP contribution in [0.25, 0.3) is 0 Å². The maximum absolute atomic E-state index is 13.4. The molecule has 0 spiro atoms. The van der Waals surface area contributed by atoms with Gasteiger partial charge in [0.15, 0.2) is 0 Å². The topological polar surface area (TPSA) is 83.5 Å². The molecule has 1 rings (SSSR count). The number of carboxylic acid groups (broad SMARTS) is 1. The fraction of sp³-hybridized carbons (Fsp3) is 0.364. The average Bonchev–Trinajstić information content (AvgIpc) is 2.19. The highest BCUT2D eigenvalue weighted by Crippen LogP contribution is 2.16. The van der Waals surface area contributed by atoms with Crippen molar-refractivity contribution in [1.29, 1.82) is 0 Å². The first-order chi connectivity index (χ1) is 8.22. The van der Waals surface area contributed by atoms with Crippen LogP contribution in [0.15, 0.2) is 23.1 Å². The zero-order valence-electron chi connectivity index (χ0n) is 9.97. The molecule has 2 N–H and O–H groups in total. The van der Waals surface area contributed by atoms with Crippen molar-refractivity contribution >= 4 is 16.0 Å². The molecule has 1 aromatic rings. The summed E-state index contributed by atoms with van der Waals surface area (Å²) in [6.45, 7) is 3.04. The van der Waals surface area contributed by atoms with E-state index >= 15 is 0 Å². The quantitative estimate of drug-likeness (QED) is 0.847. The van der Waals surface area contributed by atoms with Crippen LogP contribution in [-0.4, -0.2) is 25.5 Å². The Morgan fingerprint density at radius 3 is 2.67 bits per heavy atom. The van der Waals surface area contributed by atoms with Gasteiger partial charge in [0.2, 0.25) is 10.0 Å². The number of hydrogen-bond donors (Lipinski definition) is 2. The molecule has 0 bridgehead atoms. The zero-order chi connectivity index (χ0) is 13.9. The number of sulfonamides is 1. The molecule has 18 heavy (non-hydrogen) atoms. The van der Waals surface area contributed by atoms with Crippen LogP contribution in [0.1, 0.15) is 18.9 Å². The predicted octanol–water partition coefficient (Wildman–Crippen LogP) is 1.28. The van der Waals surface area contributed by atoms with Gasteiger partial charge in [-0.3, -0.25) is 4.79 Å². The summed E-state index contributed by atoms with van der Waals surface area (Å²) < 4.78 is 39.3. The van der Waals surface area contributed by atoms with Crippen molar-refractivity contribution in [2.75, 3.05) is 0 Å². The lowest BCUT2D eigenvalue weighted by molar-refractivity contribution is -0.137. The predicted molar refractivity (Wildman–Crippen MR) is 63.2 cm³/mol. The highest BCUT2D eigenvalue weighted by atomic mass is 32.2. The van der Waals surface area contributed by atoms with Gasteiger partial charge in [0.05, 0.1) is 6.42 Å². The Balaban J connectivity index is 2.99. The molecule has 0 aliphatic heterocycles. The van der Waals surface area contributed by atoms with Gasteiger partial charge in [0, 0.05) is 6.04 Å². The van der Waals surface area contributed by atoms with Gasteiger partial charge in [-0.25, -0.2) is 17.5 Å². The molecule has 0 fully saturated rings. The molecule has 0 radical (unpaired) electrons. The molecule has 100 valence electrons. The van der Waals surface area contributed by atoms with E-state index in [2.05, 4.69) is 4.72 Å². The molecule has 1 atom stereocenters. The minimum absolute atomic E-state index is 0.368. The van der Waals surface area contributed by atoms with Crippen LogP contribution in [0.5, 0.6) is 0 Å². The first-order valence-corrected chi connectivity index (χ1v) is 6.71. The molecule has 1 aromatic carbocycles. The molecular weight excluding hydrogens is 261 g/mol. The number of halogens is 1. The van der Waals surface area contributed by atoms with Gasteiger partial charge in [-0.05, 0) is 31.5 Å². The number of hydrogen-bond acceptors (Lipinski definition) is 3. The first kappa shape index (κ1) is 14.6. The van der Waals surface area contributed by atoms with Gasteiger partial charge >= 0.3 is 5.97 Å². The Morgan fingerprint density at radius 1 is 1.50 bits per heavy atom. The lowest BCUT2D eigenvalue weighted by Crippen LogP contribution is -2.34. The van der Waals surface area contributed by atoms with Gasteiger partial charge in [0.25, 0.3) is 0 Å². The third-order valence-electron chi connectivity index (χ3n) is 2.21. The molecule has 1 unspecified atom stereocenters. The van der Waals surface area contributed by atoms with Crippen LogP contribution < -0.4 is 4.72 Å².